The molecule has 1 aromatic carbocycles. The summed E-state index contributed by atoms with van der Waals surface area (Å²) in [6.45, 7) is 7.83. The summed E-state index contributed by atoms with van der Waals surface area (Å²) >= 11 is 0. The van der Waals surface area contributed by atoms with Gasteiger partial charge in [0.1, 0.15) is 0 Å². The molecule has 1 nitrogen and oxygen atoms in total. The zero-order chi connectivity index (χ0) is 12.1. The van der Waals surface area contributed by atoms with Crippen molar-refractivity contribution in [1.29, 1.82) is 0 Å². The largest absolute Gasteiger partial charge is 0.256 e. The van der Waals surface area contributed by atoms with Crippen molar-refractivity contribution in [1.82, 2.24) is 4.98 Å². The molecule has 0 fully saturated rings. The Morgan fingerprint density at radius 3 is 2.18 bits per heavy atom. The first kappa shape index (κ1) is 11.4. The second-order valence-corrected chi connectivity index (χ2v) is 3.83. The predicted molar refractivity (Wildman–Crippen MR) is 75.5 cm³/mol. The van der Waals surface area contributed by atoms with Gasteiger partial charge in [0.2, 0.25) is 6.71 Å². The molecule has 2 rings (SSSR count). The van der Waals surface area contributed by atoms with Crippen LogP contribution in [0.15, 0.2) is 73.8 Å². The third-order valence-corrected chi connectivity index (χ3v) is 2.76. The maximum Gasteiger partial charge on any atom is 0.225 e. The van der Waals surface area contributed by atoms with Gasteiger partial charge in [-0.05, 0) is 12.1 Å². The minimum atomic E-state index is 0.216. The Bertz CT molecular complexity index is 494. The topological polar surface area (TPSA) is 12.9 Å². The molecule has 0 spiro atoms. The maximum atomic E-state index is 4.32. The SMILES string of the molecule is C=CB(C=C)c1ccc(-c2ccccn2)cc1. The van der Waals surface area contributed by atoms with Crippen molar-refractivity contribution < 1.29 is 0 Å². The number of hydrogen-bond donors (Lipinski definition) is 0. The lowest BCUT2D eigenvalue weighted by Gasteiger charge is -2.05. The summed E-state index contributed by atoms with van der Waals surface area (Å²) in [7, 11) is 0. The van der Waals surface area contributed by atoms with Crippen molar-refractivity contribution in [2.45, 2.75) is 0 Å². The molecule has 2 aromatic rings. The molecular weight excluding hydrogens is 205 g/mol. The van der Waals surface area contributed by atoms with Crippen molar-refractivity contribution in [3.05, 3.63) is 73.8 Å². The Morgan fingerprint density at radius 1 is 0.941 bits per heavy atom. The van der Waals surface area contributed by atoms with E-state index in [0.717, 1.165) is 11.3 Å². The average molecular weight is 219 g/mol. The Labute approximate surface area is 103 Å². The Balaban J connectivity index is 2.30. The first-order valence-electron chi connectivity index (χ1n) is 5.61. The minimum Gasteiger partial charge on any atom is -0.256 e. The van der Waals surface area contributed by atoms with Gasteiger partial charge in [-0.1, -0.05) is 35.8 Å². The van der Waals surface area contributed by atoms with Crippen LogP contribution in [0.1, 0.15) is 0 Å². The molecule has 0 atom stereocenters. The van der Waals surface area contributed by atoms with Gasteiger partial charge in [0, 0.05) is 11.8 Å². The van der Waals surface area contributed by atoms with Gasteiger partial charge < -0.3 is 0 Å². The summed E-state index contributed by atoms with van der Waals surface area (Å²) in [5.74, 6) is 3.78. The summed E-state index contributed by atoms with van der Waals surface area (Å²) in [4.78, 5) is 4.32. The fourth-order valence-corrected chi connectivity index (χ4v) is 1.78. The van der Waals surface area contributed by atoms with Crippen LogP contribution < -0.4 is 5.46 Å². The minimum absolute atomic E-state index is 0.216. The lowest BCUT2D eigenvalue weighted by Crippen LogP contribution is -2.25. The quantitative estimate of drug-likeness (QED) is 0.720. The third-order valence-electron chi connectivity index (χ3n) is 2.76. The molecule has 0 bridgehead atoms. The van der Waals surface area contributed by atoms with E-state index in [1.807, 2.05) is 30.1 Å². The standard InChI is InChI=1S/C15H14BN/c1-3-16(4-2)14-10-8-13(9-11-14)15-7-5-6-12-17-15/h3-12H,1-2H2. The molecule has 1 aromatic heterocycles. The van der Waals surface area contributed by atoms with Crippen LogP contribution in [0.5, 0.6) is 0 Å². The van der Waals surface area contributed by atoms with Gasteiger partial charge in [-0.15, -0.1) is 25.1 Å². The molecule has 0 saturated heterocycles. The van der Waals surface area contributed by atoms with Crippen LogP contribution in [0.25, 0.3) is 11.3 Å². The Kier molecular flexibility index (Phi) is 3.56. The van der Waals surface area contributed by atoms with Crippen LogP contribution in [-0.2, 0) is 0 Å². The fraction of sp³-hybridized carbons (Fsp3) is 0. The number of pyridine rings is 1. The molecule has 1 heterocycles. The van der Waals surface area contributed by atoms with Gasteiger partial charge in [0.15, 0.2) is 0 Å². The van der Waals surface area contributed by atoms with Crippen molar-refractivity contribution in [2.24, 2.45) is 0 Å². The van der Waals surface area contributed by atoms with Crippen molar-refractivity contribution in [3.8, 4) is 11.3 Å². The van der Waals surface area contributed by atoms with E-state index in [1.54, 1.807) is 6.20 Å². The summed E-state index contributed by atoms with van der Waals surface area (Å²) in [6.07, 6.45) is 1.81. The van der Waals surface area contributed by atoms with E-state index in [2.05, 4.69) is 42.4 Å². The maximum absolute atomic E-state index is 4.32. The Hall–Kier alpha value is -2.09. The molecule has 17 heavy (non-hydrogen) atoms. The van der Waals surface area contributed by atoms with E-state index in [-0.39, 0.29) is 6.71 Å². The van der Waals surface area contributed by atoms with E-state index in [4.69, 9.17) is 0 Å². The second kappa shape index (κ2) is 5.31. The number of nitrogens with zero attached hydrogens (tertiary/aromatic N) is 1. The molecule has 82 valence electrons. The fourth-order valence-electron chi connectivity index (χ4n) is 1.78. The number of benzene rings is 1. The lowest BCUT2D eigenvalue weighted by atomic mass is 9.45. The highest BCUT2D eigenvalue weighted by Crippen LogP contribution is 2.14. The molecule has 0 aliphatic carbocycles. The van der Waals surface area contributed by atoms with Crippen LogP contribution in [0.3, 0.4) is 0 Å². The van der Waals surface area contributed by atoms with Gasteiger partial charge in [-0.2, -0.15) is 0 Å². The number of hydrogen-bond acceptors (Lipinski definition) is 1. The second-order valence-electron chi connectivity index (χ2n) is 3.83. The van der Waals surface area contributed by atoms with Crippen LogP contribution in [0.4, 0.5) is 0 Å². The highest BCUT2D eigenvalue weighted by atomic mass is 14.7. The van der Waals surface area contributed by atoms with Crippen molar-refractivity contribution >= 4 is 12.2 Å². The van der Waals surface area contributed by atoms with Crippen LogP contribution in [0.2, 0.25) is 0 Å². The highest BCUT2D eigenvalue weighted by Gasteiger charge is 2.07. The molecule has 0 unspecified atom stereocenters. The summed E-state index contributed by atoms with van der Waals surface area (Å²) in [5.41, 5.74) is 3.32. The van der Waals surface area contributed by atoms with Gasteiger partial charge in [0.25, 0.3) is 0 Å². The summed E-state index contributed by atoms with van der Waals surface area (Å²) < 4.78 is 0. The normalized spacial score (nSPS) is 9.65. The van der Waals surface area contributed by atoms with E-state index in [9.17, 15) is 0 Å². The molecule has 0 amide bonds. The van der Waals surface area contributed by atoms with Crippen LogP contribution >= 0.6 is 0 Å². The monoisotopic (exact) mass is 219 g/mol. The van der Waals surface area contributed by atoms with E-state index in [0.29, 0.717) is 0 Å². The van der Waals surface area contributed by atoms with Gasteiger partial charge >= 0.3 is 0 Å². The highest BCUT2D eigenvalue weighted by molar-refractivity contribution is 6.81. The first-order chi connectivity index (χ1) is 8.35. The molecule has 0 aliphatic rings. The average Bonchev–Trinajstić information content (AvgIpc) is 2.42. The van der Waals surface area contributed by atoms with Crippen molar-refractivity contribution in [2.75, 3.05) is 0 Å². The predicted octanol–water partition coefficient (Wildman–Crippen LogP) is 2.90. The van der Waals surface area contributed by atoms with E-state index >= 15 is 0 Å². The molecule has 0 radical (unpaired) electrons. The lowest BCUT2D eigenvalue weighted by molar-refractivity contribution is 1.33. The molecular formula is C15H14BN. The van der Waals surface area contributed by atoms with E-state index < -0.39 is 0 Å². The van der Waals surface area contributed by atoms with Crippen molar-refractivity contribution in [3.63, 3.8) is 0 Å². The smallest absolute Gasteiger partial charge is 0.225 e. The van der Waals surface area contributed by atoms with Gasteiger partial charge in [0.05, 0.1) is 5.69 Å². The van der Waals surface area contributed by atoms with Gasteiger partial charge in [-0.25, -0.2) is 0 Å². The number of rotatable bonds is 4. The zero-order valence-corrected chi connectivity index (χ0v) is 9.71. The van der Waals surface area contributed by atoms with Crippen LogP contribution in [0, 0.1) is 0 Å². The molecule has 2 heteroatoms. The van der Waals surface area contributed by atoms with Gasteiger partial charge in [-0.3, -0.25) is 4.98 Å². The Morgan fingerprint density at radius 2 is 1.65 bits per heavy atom. The zero-order valence-electron chi connectivity index (χ0n) is 9.71. The van der Waals surface area contributed by atoms with E-state index in [1.165, 1.54) is 5.46 Å². The number of aromatic nitrogens is 1. The third kappa shape index (κ3) is 2.54. The summed E-state index contributed by atoms with van der Waals surface area (Å²) in [6, 6.07) is 14.3. The first-order valence-corrected chi connectivity index (χ1v) is 5.61. The van der Waals surface area contributed by atoms with Crippen LogP contribution in [-0.4, -0.2) is 11.7 Å². The summed E-state index contributed by atoms with van der Waals surface area (Å²) in [5, 5.41) is 0. The molecule has 0 saturated carbocycles. The molecule has 0 aliphatic heterocycles. The molecule has 0 N–H and O–H groups in total.